The topological polar surface area (TPSA) is 46.6 Å². The summed E-state index contributed by atoms with van der Waals surface area (Å²) in [6, 6.07) is 13.8. The average molecular weight is 376 g/mol. The smallest absolute Gasteiger partial charge is 0.264 e. The van der Waals surface area contributed by atoms with Gasteiger partial charge in [-0.15, -0.1) is 18.3 Å². The zero-order valence-corrected chi connectivity index (χ0v) is 15.7. The lowest BCUT2D eigenvalue weighted by Crippen LogP contribution is -2.31. The minimum absolute atomic E-state index is 0.180. The van der Waals surface area contributed by atoms with Crippen molar-refractivity contribution in [3.05, 3.63) is 73.8 Å². The molecule has 0 N–H and O–H groups in total. The van der Waals surface area contributed by atoms with Crippen LogP contribution in [0.3, 0.4) is 0 Å². The first-order chi connectivity index (χ1) is 12.0. The Labute approximate surface area is 153 Å². The van der Waals surface area contributed by atoms with Crippen molar-refractivity contribution in [2.45, 2.75) is 9.79 Å². The molecule has 0 aliphatic carbocycles. The summed E-state index contributed by atoms with van der Waals surface area (Å²) in [7, 11) is -3.68. The number of rotatable bonds is 9. The van der Waals surface area contributed by atoms with E-state index in [1.165, 1.54) is 4.31 Å². The van der Waals surface area contributed by atoms with Gasteiger partial charge in [0.25, 0.3) is 10.0 Å². The molecule has 0 atom stereocenters. The second-order valence-electron chi connectivity index (χ2n) is 5.09. The molecule has 0 spiro atoms. The van der Waals surface area contributed by atoms with Crippen LogP contribution in [0.1, 0.15) is 0 Å². The molecule has 0 bridgehead atoms. The molecular weight excluding hydrogens is 354 g/mol. The van der Waals surface area contributed by atoms with Crippen LogP contribution in [0.25, 0.3) is 0 Å². The van der Waals surface area contributed by atoms with E-state index in [0.717, 1.165) is 4.90 Å². The molecule has 2 rings (SSSR count). The number of thioether (sulfide) groups is 1. The molecule has 0 saturated heterocycles. The summed E-state index contributed by atoms with van der Waals surface area (Å²) in [5, 5.41) is 0. The number of ether oxygens (including phenoxy) is 1. The van der Waals surface area contributed by atoms with Gasteiger partial charge < -0.3 is 4.74 Å². The van der Waals surface area contributed by atoms with E-state index < -0.39 is 10.0 Å². The Bertz CT molecular complexity index is 813. The molecule has 4 nitrogen and oxygen atoms in total. The van der Waals surface area contributed by atoms with E-state index in [-0.39, 0.29) is 11.4 Å². The highest BCUT2D eigenvalue weighted by molar-refractivity contribution is 7.98. The average Bonchev–Trinajstić information content (AvgIpc) is 2.65. The Morgan fingerprint density at radius 3 is 2.20 bits per heavy atom. The predicted molar refractivity (Wildman–Crippen MR) is 105 cm³/mol. The van der Waals surface area contributed by atoms with Crippen LogP contribution < -0.4 is 9.04 Å². The molecule has 0 heterocycles. The minimum atomic E-state index is -3.68. The lowest BCUT2D eigenvalue weighted by Gasteiger charge is -2.23. The minimum Gasteiger partial charge on any atom is -0.490 e. The van der Waals surface area contributed by atoms with E-state index in [9.17, 15) is 8.42 Å². The molecule has 0 amide bonds. The predicted octanol–water partition coefficient (Wildman–Crippen LogP) is 4.35. The maximum atomic E-state index is 13.0. The number of sulfonamides is 1. The van der Waals surface area contributed by atoms with Crippen molar-refractivity contribution in [2.75, 3.05) is 23.7 Å². The molecule has 132 valence electrons. The highest BCUT2D eigenvalue weighted by atomic mass is 32.2. The number of hydrogen-bond donors (Lipinski definition) is 0. The van der Waals surface area contributed by atoms with Gasteiger partial charge in [-0.25, -0.2) is 8.42 Å². The molecular formula is C19H21NO3S2. The van der Waals surface area contributed by atoms with Crippen LogP contribution in [0, 0.1) is 0 Å². The summed E-state index contributed by atoms with van der Waals surface area (Å²) >= 11 is 1.57. The van der Waals surface area contributed by atoms with Crippen LogP contribution in [0.5, 0.6) is 5.75 Å². The van der Waals surface area contributed by atoms with E-state index in [2.05, 4.69) is 13.2 Å². The molecule has 0 unspecified atom stereocenters. The second-order valence-corrected chi connectivity index (χ2v) is 7.84. The molecule has 0 aliphatic heterocycles. The highest BCUT2D eigenvalue weighted by Crippen LogP contribution is 2.27. The monoisotopic (exact) mass is 375 g/mol. The Morgan fingerprint density at radius 1 is 1.04 bits per heavy atom. The Kier molecular flexibility index (Phi) is 6.73. The first-order valence-electron chi connectivity index (χ1n) is 7.64. The zero-order valence-electron chi connectivity index (χ0n) is 14.1. The van der Waals surface area contributed by atoms with Gasteiger partial charge in [0.1, 0.15) is 12.4 Å². The van der Waals surface area contributed by atoms with Crippen LogP contribution >= 0.6 is 11.8 Å². The summed E-state index contributed by atoms with van der Waals surface area (Å²) in [5.41, 5.74) is 0.555. The van der Waals surface area contributed by atoms with Crippen LogP contribution in [-0.2, 0) is 10.0 Å². The van der Waals surface area contributed by atoms with Gasteiger partial charge in [0.15, 0.2) is 0 Å². The van der Waals surface area contributed by atoms with Crippen molar-refractivity contribution in [1.29, 1.82) is 0 Å². The molecule has 2 aromatic carbocycles. The third-order valence-electron chi connectivity index (χ3n) is 3.43. The fourth-order valence-corrected chi connectivity index (χ4v) is 4.04. The highest BCUT2D eigenvalue weighted by Gasteiger charge is 2.24. The lowest BCUT2D eigenvalue weighted by molar-refractivity contribution is 0.363. The Morgan fingerprint density at radius 2 is 1.68 bits per heavy atom. The molecule has 0 radical (unpaired) electrons. The number of nitrogens with zero attached hydrogens (tertiary/aromatic N) is 1. The van der Waals surface area contributed by atoms with Gasteiger partial charge in [0, 0.05) is 4.90 Å². The standard InChI is InChI=1S/C19H21NO3S2/c1-4-14-20(16-6-8-17(9-7-16)23-15-5-2)25(21,22)19-12-10-18(24-3)11-13-19/h4-13H,1-2,14-15H2,3H3. The summed E-state index contributed by atoms with van der Waals surface area (Å²) in [6.45, 7) is 7.85. The van der Waals surface area contributed by atoms with Crippen molar-refractivity contribution in [2.24, 2.45) is 0 Å². The lowest BCUT2D eigenvalue weighted by atomic mass is 10.3. The van der Waals surface area contributed by atoms with E-state index in [1.807, 2.05) is 6.26 Å². The van der Waals surface area contributed by atoms with Gasteiger partial charge in [-0.1, -0.05) is 18.7 Å². The van der Waals surface area contributed by atoms with Crippen molar-refractivity contribution < 1.29 is 13.2 Å². The fourth-order valence-electron chi connectivity index (χ4n) is 2.20. The molecule has 25 heavy (non-hydrogen) atoms. The van der Waals surface area contributed by atoms with Crippen molar-refractivity contribution >= 4 is 27.5 Å². The van der Waals surface area contributed by atoms with Crippen molar-refractivity contribution in [1.82, 2.24) is 0 Å². The molecule has 0 aromatic heterocycles. The summed E-state index contributed by atoms with van der Waals surface area (Å²) in [6.07, 6.45) is 5.17. The van der Waals surface area contributed by atoms with Crippen LogP contribution in [0.2, 0.25) is 0 Å². The van der Waals surface area contributed by atoms with Gasteiger partial charge in [0.2, 0.25) is 0 Å². The third-order valence-corrected chi connectivity index (χ3v) is 5.99. The maximum absolute atomic E-state index is 13.0. The van der Waals surface area contributed by atoms with E-state index >= 15 is 0 Å². The first kappa shape index (κ1) is 19.1. The quantitative estimate of drug-likeness (QED) is 0.483. The number of hydrogen-bond acceptors (Lipinski definition) is 4. The molecule has 0 fully saturated rings. The van der Waals surface area contributed by atoms with Crippen LogP contribution in [-0.4, -0.2) is 27.8 Å². The van der Waals surface area contributed by atoms with E-state index in [1.54, 1.807) is 72.4 Å². The van der Waals surface area contributed by atoms with E-state index in [4.69, 9.17) is 4.74 Å². The SMILES string of the molecule is C=CCOc1ccc(N(CC=C)S(=O)(=O)c2ccc(SC)cc2)cc1. The normalized spacial score (nSPS) is 10.9. The molecule has 0 aliphatic rings. The first-order valence-corrected chi connectivity index (χ1v) is 10.3. The zero-order chi connectivity index (χ0) is 18.3. The van der Waals surface area contributed by atoms with Crippen molar-refractivity contribution in [3.63, 3.8) is 0 Å². The third kappa shape index (κ3) is 4.67. The second kappa shape index (κ2) is 8.78. The van der Waals surface area contributed by atoms with Gasteiger partial charge >= 0.3 is 0 Å². The number of benzene rings is 2. The van der Waals surface area contributed by atoms with Gasteiger partial charge in [-0.05, 0) is 54.8 Å². The summed E-state index contributed by atoms with van der Waals surface area (Å²) in [5.74, 6) is 0.656. The van der Waals surface area contributed by atoms with Crippen LogP contribution in [0.4, 0.5) is 5.69 Å². The van der Waals surface area contributed by atoms with Gasteiger partial charge in [-0.3, -0.25) is 4.31 Å². The number of anilines is 1. The largest absolute Gasteiger partial charge is 0.490 e. The van der Waals surface area contributed by atoms with Crippen LogP contribution in [0.15, 0.2) is 83.6 Å². The molecule has 2 aromatic rings. The molecule has 0 saturated carbocycles. The fraction of sp³-hybridized carbons (Fsp3) is 0.158. The maximum Gasteiger partial charge on any atom is 0.264 e. The Balaban J connectivity index is 2.34. The Hall–Kier alpha value is -2.18. The van der Waals surface area contributed by atoms with Gasteiger partial charge in [0.05, 0.1) is 17.1 Å². The van der Waals surface area contributed by atoms with Crippen molar-refractivity contribution in [3.8, 4) is 5.75 Å². The van der Waals surface area contributed by atoms with E-state index in [0.29, 0.717) is 18.0 Å². The summed E-state index contributed by atoms with van der Waals surface area (Å²) in [4.78, 5) is 1.26. The molecule has 6 heteroatoms. The van der Waals surface area contributed by atoms with Gasteiger partial charge in [-0.2, -0.15) is 0 Å². The summed E-state index contributed by atoms with van der Waals surface area (Å²) < 4.78 is 32.8.